The number of oxime groups is 1. The molecule has 3 heteroatoms. The lowest BCUT2D eigenvalue weighted by atomic mass is 10.5. The molecule has 0 rings (SSSR count). The molecular formula is C5H12N2O. The van der Waals surface area contributed by atoms with Crippen LogP contribution in [0.15, 0.2) is 5.16 Å². The summed E-state index contributed by atoms with van der Waals surface area (Å²) < 4.78 is 0. The Kier molecular flexibility index (Phi) is 4.03. The summed E-state index contributed by atoms with van der Waals surface area (Å²) in [5.41, 5.74) is 5.28. The first-order valence-corrected chi connectivity index (χ1v) is 2.75. The Bertz CT molecular complexity index is 80.5. The van der Waals surface area contributed by atoms with Gasteiger partial charge in [0.2, 0.25) is 0 Å². The van der Waals surface area contributed by atoms with E-state index in [1.807, 2.05) is 13.8 Å². The molecule has 0 saturated carbocycles. The van der Waals surface area contributed by atoms with Gasteiger partial charge in [0.25, 0.3) is 0 Å². The molecule has 0 aromatic carbocycles. The van der Waals surface area contributed by atoms with Crippen molar-refractivity contribution >= 4 is 5.84 Å². The number of amidine groups is 1. The Labute approximate surface area is 49.5 Å². The van der Waals surface area contributed by atoms with E-state index in [-0.39, 0.29) is 0 Å². The minimum absolute atomic E-state index is 0.548. The predicted octanol–water partition coefficient (Wildman–Crippen LogP) is 0.705. The fourth-order valence-electron chi connectivity index (χ4n) is 0.212. The third-order valence-corrected chi connectivity index (χ3v) is 0.673. The van der Waals surface area contributed by atoms with E-state index in [1.54, 1.807) is 0 Å². The molecule has 0 aliphatic heterocycles. The third kappa shape index (κ3) is 3.46. The standard InChI is InChI=1S/C5H12N2O/c1-3-5(6)7-8-4-2/h3-4H2,1-2H3,(H2,6,7). The van der Waals surface area contributed by atoms with Gasteiger partial charge in [0.15, 0.2) is 0 Å². The molecular weight excluding hydrogens is 104 g/mol. The monoisotopic (exact) mass is 116 g/mol. The highest BCUT2D eigenvalue weighted by Crippen LogP contribution is 1.78. The van der Waals surface area contributed by atoms with Crippen LogP contribution in [0.3, 0.4) is 0 Å². The molecule has 0 fully saturated rings. The molecule has 0 atom stereocenters. The van der Waals surface area contributed by atoms with E-state index < -0.39 is 0 Å². The third-order valence-electron chi connectivity index (χ3n) is 0.673. The number of hydrogen-bond donors (Lipinski definition) is 1. The van der Waals surface area contributed by atoms with E-state index >= 15 is 0 Å². The van der Waals surface area contributed by atoms with Gasteiger partial charge in [0.1, 0.15) is 12.4 Å². The maximum atomic E-state index is 5.28. The lowest BCUT2D eigenvalue weighted by Gasteiger charge is -1.93. The second-order valence-corrected chi connectivity index (χ2v) is 1.35. The fraction of sp³-hybridized carbons (Fsp3) is 0.800. The van der Waals surface area contributed by atoms with E-state index in [0.29, 0.717) is 12.4 Å². The molecule has 0 amide bonds. The number of hydrogen-bond acceptors (Lipinski definition) is 2. The fourth-order valence-corrected chi connectivity index (χ4v) is 0.212. The summed E-state index contributed by atoms with van der Waals surface area (Å²) >= 11 is 0. The van der Waals surface area contributed by atoms with Crippen LogP contribution in [0, 0.1) is 0 Å². The Hall–Kier alpha value is -0.730. The van der Waals surface area contributed by atoms with Gasteiger partial charge in [-0.15, -0.1) is 0 Å². The number of nitrogens with two attached hydrogens (primary N) is 1. The van der Waals surface area contributed by atoms with Crippen LogP contribution in [-0.4, -0.2) is 12.4 Å². The van der Waals surface area contributed by atoms with Crippen molar-refractivity contribution in [1.82, 2.24) is 0 Å². The Morgan fingerprint density at radius 3 is 2.62 bits per heavy atom. The molecule has 48 valence electrons. The summed E-state index contributed by atoms with van der Waals surface area (Å²) in [5.74, 6) is 0.548. The van der Waals surface area contributed by atoms with Gasteiger partial charge < -0.3 is 10.6 Å². The second kappa shape index (κ2) is 4.43. The van der Waals surface area contributed by atoms with E-state index in [4.69, 9.17) is 5.73 Å². The normalized spacial score (nSPS) is 11.5. The SMILES string of the molecule is CCO/N=C(\N)CC. The van der Waals surface area contributed by atoms with E-state index in [0.717, 1.165) is 6.42 Å². The molecule has 0 radical (unpaired) electrons. The highest BCUT2D eigenvalue weighted by Gasteiger charge is 1.82. The molecule has 2 N–H and O–H groups in total. The number of nitrogens with zero attached hydrogens (tertiary/aromatic N) is 1. The highest BCUT2D eigenvalue weighted by molar-refractivity contribution is 5.79. The van der Waals surface area contributed by atoms with Crippen molar-refractivity contribution in [1.29, 1.82) is 0 Å². The van der Waals surface area contributed by atoms with Crippen LogP contribution in [0.4, 0.5) is 0 Å². The van der Waals surface area contributed by atoms with Gasteiger partial charge in [-0.25, -0.2) is 0 Å². The molecule has 0 aliphatic rings. The number of rotatable bonds is 3. The van der Waals surface area contributed by atoms with Crippen LogP contribution >= 0.6 is 0 Å². The summed E-state index contributed by atoms with van der Waals surface area (Å²) in [7, 11) is 0. The molecule has 0 aromatic heterocycles. The Balaban J connectivity index is 3.26. The molecule has 0 heterocycles. The molecule has 0 aliphatic carbocycles. The molecule has 3 nitrogen and oxygen atoms in total. The Morgan fingerprint density at radius 1 is 1.62 bits per heavy atom. The lowest BCUT2D eigenvalue weighted by Crippen LogP contribution is -2.09. The van der Waals surface area contributed by atoms with Crippen LogP contribution in [0.2, 0.25) is 0 Å². The summed E-state index contributed by atoms with van der Waals surface area (Å²) in [6, 6.07) is 0. The van der Waals surface area contributed by atoms with Crippen molar-refractivity contribution in [3.05, 3.63) is 0 Å². The average molecular weight is 116 g/mol. The molecule has 8 heavy (non-hydrogen) atoms. The maximum Gasteiger partial charge on any atom is 0.139 e. The van der Waals surface area contributed by atoms with Gasteiger partial charge in [-0.05, 0) is 6.92 Å². The zero-order valence-electron chi connectivity index (χ0n) is 5.35. The molecule has 0 unspecified atom stereocenters. The molecule has 0 spiro atoms. The molecule has 0 aromatic rings. The predicted molar refractivity (Wildman–Crippen MR) is 33.5 cm³/mol. The largest absolute Gasteiger partial charge is 0.395 e. The maximum absolute atomic E-state index is 5.28. The quantitative estimate of drug-likeness (QED) is 0.335. The first kappa shape index (κ1) is 7.27. The first-order chi connectivity index (χ1) is 3.81. The van der Waals surface area contributed by atoms with Gasteiger partial charge >= 0.3 is 0 Å². The van der Waals surface area contributed by atoms with Gasteiger partial charge in [-0.3, -0.25) is 0 Å². The topological polar surface area (TPSA) is 47.6 Å². The minimum atomic E-state index is 0.548. The van der Waals surface area contributed by atoms with Gasteiger partial charge in [-0.2, -0.15) is 0 Å². The van der Waals surface area contributed by atoms with Crippen molar-refractivity contribution in [2.75, 3.05) is 6.61 Å². The summed E-state index contributed by atoms with van der Waals surface area (Å²) in [6.07, 6.45) is 0.750. The summed E-state index contributed by atoms with van der Waals surface area (Å²) in [6.45, 7) is 4.38. The van der Waals surface area contributed by atoms with Crippen molar-refractivity contribution in [3.63, 3.8) is 0 Å². The van der Waals surface area contributed by atoms with Crippen LogP contribution in [-0.2, 0) is 4.84 Å². The zero-order valence-corrected chi connectivity index (χ0v) is 5.35. The smallest absolute Gasteiger partial charge is 0.139 e. The van der Waals surface area contributed by atoms with Crippen molar-refractivity contribution in [3.8, 4) is 0 Å². The molecule has 0 saturated heterocycles. The highest BCUT2D eigenvalue weighted by atomic mass is 16.6. The minimum Gasteiger partial charge on any atom is -0.395 e. The van der Waals surface area contributed by atoms with Crippen molar-refractivity contribution < 1.29 is 4.84 Å². The summed E-state index contributed by atoms with van der Waals surface area (Å²) in [5, 5.41) is 3.56. The van der Waals surface area contributed by atoms with E-state index in [1.165, 1.54) is 0 Å². The van der Waals surface area contributed by atoms with Gasteiger partial charge in [-0.1, -0.05) is 12.1 Å². The summed E-state index contributed by atoms with van der Waals surface area (Å²) in [4.78, 5) is 4.65. The second-order valence-electron chi connectivity index (χ2n) is 1.35. The van der Waals surface area contributed by atoms with Gasteiger partial charge in [0, 0.05) is 6.42 Å². The van der Waals surface area contributed by atoms with E-state index in [9.17, 15) is 0 Å². The van der Waals surface area contributed by atoms with Crippen LogP contribution < -0.4 is 5.73 Å². The lowest BCUT2D eigenvalue weighted by molar-refractivity contribution is 0.158. The van der Waals surface area contributed by atoms with Crippen molar-refractivity contribution in [2.24, 2.45) is 10.9 Å². The van der Waals surface area contributed by atoms with Crippen LogP contribution in [0.5, 0.6) is 0 Å². The Morgan fingerprint density at radius 2 is 2.25 bits per heavy atom. The first-order valence-electron chi connectivity index (χ1n) is 2.75. The van der Waals surface area contributed by atoms with Crippen LogP contribution in [0.1, 0.15) is 20.3 Å². The zero-order chi connectivity index (χ0) is 6.41. The van der Waals surface area contributed by atoms with Crippen molar-refractivity contribution in [2.45, 2.75) is 20.3 Å². The van der Waals surface area contributed by atoms with Crippen LogP contribution in [0.25, 0.3) is 0 Å². The van der Waals surface area contributed by atoms with Gasteiger partial charge in [0.05, 0.1) is 0 Å². The average Bonchev–Trinajstić information content (AvgIpc) is 1.83. The molecule has 0 bridgehead atoms. The van der Waals surface area contributed by atoms with E-state index in [2.05, 4.69) is 9.99 Å².